The Balaban J connectivity index is 0. The van der Waals surface area contributed by atoms with Gasteiger partial charge in [-0.15, -0.1) is 0 Å². The quantitative estimate of drug-likeness (QED) is 0.858. The van der Waals surface area contributed by atoms with Crippen LogP contribution < -0.4 is 5.73 Å². The van der Waals surface area contributed by atoms with Crippen molar-refractivity contribution in [2.75, 3.05) is 0 Å². The topological polar surface area (TPSA) is 56.0 Å². The Bertz CT molecular complexity index is 644. The number of ketones is 1. The fourth-order valence-corrected chi connectivity index (χ4v) is 2.16. The van der Waals surface area contributed by atoms with Crippen molar-refractivity contribution in [3.63, 3.8) is 0 Å². The Labute approximate surface area is 126 Å². The summed E-state index contributed by atoms with van der Waals surface area (Å²) in [6, 6.07) is 5.73. The van der Waals surface area contributed by atoms with Crippen molar-refractivity contribution >= 4 is 17.4 Å². The SMILES string of the molecule is CC[C@H](N)c1ccc(Cl)c(C(=O)c2cccnc2)c1F.[HH].[HH].[HH]. The van der Waals surface area contributed by atoms with Crippen LogP contribution in [0.1, 0.15) is 45.2 Å². The third kappa shape index (κ3) is 2.71. The lowest BCUT2D eigenvalue weighted by Gasteiger charge is -2.14. The van der Waals surface area contributed by atoms with E-state index in [2.05, 4.69) is 4.98 Å². The lowest BCUT2D eigenvalue weighted by molar-refractivity contribution is 0.103. The number of hydrogen-bond donors (Lipinski definition) is 1. The van der Waals surface area contributed by atoms with Gasteiger partial charge in [-0.25, -0.2) is 4.39 Å². The minimum absolute atomic E-state index is 0. The third-order valence-corrected chi connectivity index (χ3v) is 3.43. The van der Waals surface area contributed by atoms with E-state index in [0.29, 0.717) is 12.0 Å². The summed E-state index contributed by atoms with van der Waals surface area (Å²) < 4.78 is 14.5. The molecule has 0 aliphatic heterocycles. The molecule has 2 rings (SSSR count). The average molecular weight is 299 g/mol. The van der Waals surface area contributed by atoms with E-state index in [4.69, 9.17) is 17.3 Å². The predicted octanol–water partition coefficient (Wildman–Crippen LogP) is 4.25. The van der Waals surface area contributed by atoms with Crippen LogP contribution in [0.25, 0.3) is 0 Å². The lowest BCUT2D eigenvalue weighted by atomic mass is 9.97. The maximum atomic E-state index is 14.5. The second-order valence-electron chi connectivity index (χ2n) is 4.41. The van der Waals surface area contributed by atoms with E-state index in [9.17, 15) is 9.18 Å². The van der Waals surface area contributed by atoms with Gasteiger partial charge < -0.3 is 5.73 Å². The van der Waals surface area contributed by atoms with Gasteiger partial charge in [0.05, 0.1) is 10.6 Å². The van der Waals surface area contributed by atoms with Crippen LogP contribution in [0, 0.1) is 5.82 Å². The van der Waals surface area contributed by atoms with Gasteiger partial charge in [0.25, 0.3) is 0 Å². The van der Waals surface area contributed by atoms with E-state index in [1.165, 1.54) is 24.5 Å². The smallest absolute Gasteiger partial charge is 0.199 e. The normalized spacial score (nSPS) is 12.2. The zero-order chi connectivity index (χ0) is 14.7. The number of carbonyl (C=O) groups excluding carboxylic acids is 1. The lowest BCUT2D eigenvalue weighted by Crippen LogP contribution is -2.14. The molecule has 110 valence electrons. The van der Waals surface area contributed by atoms with E-state index < -0.39 is 17.6 Å². The van der Waals surface area contributed by atoms with E-state index in [-0.39, 0.29) is 20.4 Å². The van der Waals surface area contributed by atoms with Crippen LogP contribution in [0.3, 0.4) is 0 Å². The first kappa shape index (κ1) is 14.6. The minimum atomic E-state index is -0.652. The number of pyridine rings is 1. The van der Waals surface area contributed by atoms with E-state index >= 15 is 0 Å². The monoisotopic (exact) mass is 298 g/mol. The van der Waals surface area contributed by atoms with Gasteiger partial charge in [0, 0.05) is 33.8 Å². The summed E-state index contributed by atoms with van der Waals surface area (Å²) in [5, 5.41) is 0.0726. The summed E-state index contributed by atoms with van der Waals surface area (Å²) in [5.74, 6) is -1.15. The van der Waals surface area contributed by atoms with Gasteiger partial charge in [0.2, 0.25) is 0 Å². The summed E-state index contributed by atoms with van der Waals surface area (Å²) in [5.41, 5.74) is 6.28. The molecule has 0 spiro atoms. The van der Waals surface area contributed by atoms with Gasteiger partial charge >= 0.3 is 0 Å². The molecule has 1 atom stereocenters. The second-order valence-corrected chi connectivity index (χ2v) is 4.82. The van der Waals surface area contributed by atoms with Crippen molar-refractivity contribution in [3.05, 3.63) is 64.2 Å². The van der Waals surface area contributed by atoms with Crippen LogP contribution >= 0.6 is 11.6 Å². The van der Waals surface area contributed by atoms with Gasteiger partial charge in [-0.2, -0.15) is 0 Å². The molecule has 0 fully saturated rings. The van der Waals surface area contributed by atoms with Crippen molar-refractivity contribution in [2.45, 2.75) is 19.4 Å². The number of halogens is 2. The summed E-state index contributed by atoms with van der Waals surface area (Å²) in [6.45, 7) is 1.85. The predicted molar refractivity (Wildman–Crippen MR) is 82.6 cm³/mol. The molecule has 3 nitrogen and oxygen atoms in total. The molecule has 0 amide bonds. The van der Waals surface area contributed by atoms with Gasteiger partial charge in [0.1, 0.15) is 5.82 Å². The fourth-order valence-electron chi connectivity index (χ4n) is 1.92. The van der Waals surface area contributed by atoms with Crippen molar-refractivity contribution in [2.24, 2.45) is 5.73 Å². The molecule has 0 aliphatic carbocycles. The molecule has 0 aliphatic rings. The molecule has 1 heterocycles. The molecule has 0 saturated carbocycles. The maximum absolute atomic E-state index is 14.5. The molecule has 2 aromatic rings. The third-order valence-electron chi connectivity index (χ3n) is 3.11. The average Bonchev–Trinajstić information content (AvgIpc) is 2.47. The molecule has 5 heteroatoms. The number of carbonyl (C=O) groups is 1. The Morgan fingerprint density at radius 1 is 1.50 bits per heavy atom. The fraction of sp³-hybridized carbons (Fsp3) is 0.200. The minimum Gasteiger partial charge on any atom is -0.324 e. The number of aromatic nitrogens is 1. The first-order valence-corrected chi connectivity index (χ1v) is 6.62. The Morgan fingerprint density at radius 3 is 2.85 bits per heavy atom. The van der Waals surface area contributed by atoms with Crippen molar-refractivity contribution in [1.82, 2.24) is 4.98 Å². The first-order chi connectivity index (χ1) is 9.56. The highest BCUT2D eigenvalue weighted by molar-refractivity contribution is 6.35. The number of hydrogen-bond acceptors (Lipinski definition) is 3. The van der Waals surface area contributed by atoms with Crippen LogP contribution in [0.4, 0.5) is 4.39 Å². The van der Waals surface area contributed by atoms with Gasteiger partial charge in [-0.05, 0) is 24.6 Å². The van der Waals surface area contributed by atoms with Gasteiger partial charge in [-0.1, -0.05) is 24.6 Å². The largest absolute Gasteiger partial charge is 0.324 e. The molecule has 0 saturated heterocycles. The first-order valence-electron chi connectivity index (χ1n) is 6.24. The standard InChI is InChI=1S/C15H14ClFN2O.3H2/c1-2-12(18)10-5-6-11(16)13(14(10)17)15(20)9-4-3-7-19-8-9;;;/h3-8,12H,2,18H2,1H3;3*1H/t12-;;;/m0.../s1. The highest BCUT2D eigenvalue weighted by atomic mass is 35.5. The van der Waals surface area contributed by atoms with Crippen molar-refractivity contribution in [3.8, 4) is 0 Å². The molecule has 1 aromatic carbocycles. The van der Waals surface area contributed by atoms with Crippen LogP contribution in [-0.4, -0.2) is 10.8 Å². The van der Waals surface area contributed by atoms with Crippen LogP contribution in [-0.2, 0) is 0 Å². The Morgan fingerprint density at radius 2 is 2.25 bits per heavy atom. The summed E-state index contributed by atoms with van der Waals surface area (Å²) in [4.78, 5) is 16.2. The summed E-state index contributed by atoms with van der Waals surface area (Å²) in [6.07, 6.45) is 3.49. The van der Waals surface area contributed by atoms with Crippen LogP contribution in [0.5, 0.6) is 0 Å². The molecule has 0 radical (unpaired) electrons. The van der Waals surface area contributed by atoms with Crippen LogP contribution in [0.2, 0.25) is 5.02 Å². The molecule has 20 heavy (non-hydrogen) atoms. The molecule has 0 bridgehead atoms. The van der Waals surface area contributed by atoms with Crippen molar-refractivity contribution in [1.29, 1.82) is 0 Å². The Kier molecular flexibility index (Phi) is 4.47. The van der Waals surface area contributed by atoms with Crippen molar-refractivity contribution < 1.29 is 13.5 Å². The molecule has 2 N–H and O–H groups in total. The summed E-state index contributed by atoms with van der Waals surface area (Å²) >= 11 is 5.97. The van der Waals surface area contributed by atoms with E-state index in [0.717, 1.165) is 0 Å². The molecule has 1 aromatic heterocycles. The van der Waals surface area contributed by atoms with E-state index in [1.807, 2.05) is 6.92 Å². The highest BCUT2D eigenvalue weighted by Gasteiger charge is 2.22. The molecular weight excluding hydrogens is 279 g/mol. The highest BCUT2D eigenvalue weighted by Crippen LogP contribution is 2.28. The number of benzene rings is 1. The zero-order valence-corrected chi connectivity index (χ0v) is 11.7. The van der Waals surface area contributed by atoms with E-state index in [1.54, 1.807) is 12.1 Å². The summed E-state index contributed by atoms with van der Waals surface area (Å²) in [7, 11) is 0. The van der Waals surface area contributed by atoms with Crippen LogP contribution in [0.15, 0.2) is 36.7 Å². The number of nitrogens with two attached hydrogens (primary N) is 1. The second kappa shape index (κ2) is 6.11. The Hall–Kier alpha value is -1.78. The van der Waals surface area contributed by atoms with Gasteiger partial charge in [-0.3, -0.25) is 9.78 Å². The molecular formula is C15H20ClFN2O. The maximum Gasteiger partial charge on any atom is 0.199 e. The zero-order valence-electron chi connectivity index (χ0n) is 10.9. The van der Waals surface area contributed by atoms with Gasteiger partial charge in [0.15, 0.2) is 5.78 Å². The number of rotatable bonds is 4. The molecule has 0 unspecified atom stereocenters. The number of nitrogens with zero attached hydrogens (tertiary/aromatic N) is 1.